The first kappa shape index (κ1) is 37.5. The Kier molecular flexibility index (Phi) is 8.80. The van der Waals surface area contributed by atoms with Crippen molar-refractivity contribution in [3.8, 4) is 89.8 Å². The Bertz CT molecular complexity index is 3570. The molecule has 0 amide bonds. The minimum Gasteiger partial charge on any atom is -0.456 e. The first-order valence-electron chi connectivity index (χ1n) is 21.8. The van der Waals surface area contributed by atoms with Crippen LogP contribution in [-0.2, 0) is 5.41 Å². The minimum atomic E-state index is -0.141. The van der Waals surface area contributed by atoms with Crippen LogP contribution in [0.2, 0.25) is 0 Å². The van der Waals surface area contributed by atoms with Gasteiger partial charge in [0, 0.05) is 32.9 Å². The zero-order valence-electron chi connectivity index (χ0n) is 35.5. The minimum absolute atomic E-state index is 0.141. The summed E-state index contributed by atoms with van der Waals surface area (Å²) < 4.78 is 6.57. The molecule has 4 nitrogen and oxygen atoms in total. The molecule has 4 heteroatoms. The summed E-state index contributed by atoms with van der Waals surface area (Å²) in [5, 5.41) is 2.20. The second-order valence-electron chi connectivity index (χ2n) is 17.2. The van der Waals surface area contributed by atoms with Gasteiger partial charge in [-0.3, -0.25) is 0 Å². The maximum atomic E-state index is 6.57. The van der Waals surface area contributed by atoms with Gasteiger partial charge in [0.25, 0.3) is 0 Å². The van der Waals surface area contributed by atoms with Crippen LogP contribution in [0.4, 0.5) is 0 Å². The highest BCUT2D eigenvalue weighted by molar-refractivity contribution is 6.13. The predicted molar refractivity (Wildman–Crippen MR) is 263 cm³/mol. The smallest absolute Gasteiger partial charge is 0.164 e. The fourth-order valence-corrected chi connectivity index (χ4v) is 9.82. The lowest BCUT2D eigenvalue weighted by molar-refractivity contribution is 0.662. The molecule has 0 saturated heterocycles. The van der Waals surface area contributed by atoms with E-state index in [9.17, 15) is 0 Å². The first-order chi connectivity index (χ1) is 31.5. The lowest BCUT2D eigenvalue weighted by atomic mass is 9.79. The molecule has 0 N–H and O–H groups in total. The summed E-state index contributed by atoms with van der Waals surface area (Å²) in [6.45, 7) is 4.67. The van der Waals surface area contributed by atoms with Crippen molar-refractivity contribution >= 4 is 21.9 Å². The summed E-state index contributed by atoms with van der Waals surface area (Å²) in [5.41, 5.74) is 18.8. The van der Waals surface area contributed by atoms with Crippen LogP contribution >= 0.6 is 0 Å². The monoisotopic (exact) mass is 819 g/mol. The van der Waals surface area contributed by atoms with E-state index < -0.39 is 0 Å². The number of hydrogen-bond donors (Lipinski definition) is 0. The summed E-state index contributed by atoms with van der Waals surface area (Å²) in [4.78, 5) is 15.4. The quantitative estimate of drug-likeness (QED) is 0.161. The SMILES string of the molecule is CC1(C)c2ccccc2-c2cccc(-c3cccc(-c4nc(-c5ccccc5)nc(-c5cccc(-c6ccc7c(c6)oc6cccc(-c8ccc(-c9ccccc9)cc8)c67)c5)n4)c3)c21. The summed E-state index contributed by atoms with van der Waals surface area (Å²) in [7, 11) is 0. The standard InChI is InChI=1S/C60H41N3O/c1-60(2)52-27-10-9-23-49(52)50-26-13-25-48(56(50)60)44-20-12-22-46(36-44)59-62-57(41-17-7-4-8-18-41)61-58(63-59)45-21-11-19-42(35-45)43-33-34-51-54(37-43)64-53-28-14-24-47(55(51)53)40-31-29-39(30-32-40)38-15-5-3-6-16-38/h3-37H,1-2H3. The number of hydrogen-bond acceptors (Lipinski definition) is 4. The van der Waals surface area contributed by atoms with Crippen molar-refractivity contribution in [1.29, 1.82) is 0 Å². The van der Waals surface area contributed by atoms with Gasteiger partial charge in [0.05, 0.1) is 0 Å². The van der Waals surface area contributed by atoms with Crippen LogP contribution in [0.3, 0.4) is 0 Å². The van der Waals surface area contributed by atoms with Gasteiger partial charge in [-0.05, 0) is 97.1 Å². The molecule has 1 aliphatic carbocycles. The Balaban J connectivity index is 0.919. The molecule has 302 valence electrons. The van der Waals surface area contributed by atoms with Crippen molar-refractivity contribution in [1.82, 2.24) is 15.0 Å². The molecular formula is C60H41N3O. The number of furan rings is 1. The summed E-state index contributed by atoms with van der Waals surface area (Å²) >= 11 is 0. The molecule has 2 aromatic heterocycles. The van der Waals surface area contributed by atoms with Gasteiger partial charge in [-0.15, -0.1) is 0 Å². The van der Waals surface area contributed by atoms with Gasteiger partial charge in [-0.1, -0.05) is 196 Å². The van der Waals surface area contributed by atoms with Crippen LogP contribution < -0.4 is 0 Å². The largest absolute Gasteiger partial charge is 0.456 e. The van der Waals surface area contributed by atoms with Gasteiger partial charge < -0.3 is 4.42 Å². The first-order valence-corrected chi connectivity index (χ1v) is 21.8. The molecule has 0 spiro atoms. The van der Waals surface area contributed by atoms with Crippen molar-refractivity contribution in [2.45, 2.75) is 19.3 Å². The van der Waals surface area contributed by atoms with Gasteiger partial charge >= 0.3 is 0 Å². The molecule has 11 aromatic rings. The number of benzene rings is 9. The average molecular weight is 820 g/mol. The molecule has 1 aliphatic rings. The Hall–Kier alpha value is -8.21. The Morgan fingerprint density at radius 3 is 1.56 bits per heavy atom. The third-order valence-corrected chi connectivity index (χ3v) is 12.9. The maximum absolute atomic E-state index is 6.57. The average Bonchev–Trinajstić information content (AvgIpc) is 3.86. The van der Waals surface area contributed by atoms with E-state index in [0.717, 1.165) is 66.4 Å². The fraction of sp³-hybridized carbons (Fsp3) is 0.0500. The van der Waals surface area contributed by atoms with Crippen LogP contribution in [0.5, 0.6) is 0 Å². The van der Waals surface area contributed by atoms with Crippen LogP contribution in [0.15, 0.2) is 217 Å². The molecule has 0 radical (unpaired) electrons. The third kappa shape index (κ3) is 6.34. The van der Waals surface area contributed by atoms with E-state index in [2.05, 4.69) is 202 Å². The van der Waals surface area contributed by atoms with Gasteiger partial charge in [0.1, 0.15) is 11.2 Å². The highest BCUT2D eigenvalue weighted by atomic mass is 16.3. The maximum Gasteiger partial charge on any atom is 0.164 e. The Labute approximate surface area is 372 Å². The van der Waals surface area contributed by atoms with E-state index >= 15 is 0 Å². The zero-order chi connectivity index (χ0) is 42.8. The molecule has 0 saturated carbocycles. The molecule has 0 atom stereocenters. The van der Waals surface area contributed by atoms with Crippen molar-refractivity contribution < 1.29 is 4.42 Å². The van der Waals surface area contributed by atoms with E-state index in [1.165, 1.54) is 38.9 Å². The number of aromatic nitrogens is 3. The van der Waals surface area contributed by atoms with Crippen LogP contribution in [0.25, 0.3) is 112 Å². The van der Waals surface area contributed by atoms with E-state index in [0.29, 0.717) is 17.5 Å². The molecule has 2 heterocycles. The van der Waals surface area contributed by atoms with Crippen LogP contribution in [0.1, 0.15) is 25.0 Å². The fourth-order valence-electron chi connectivity index (χ4n) is 9.82. The van der Waals surface area contributed by atoms with Crippen molar-refractivity contribution in [3.63, 3.8) is 0 Å². The summed E-state index contributed by atoms with van der Waals surface area (Å²) in [5.74, 6) is 1.87. The van der Waals surface area contributed by atoms with Crippen molar-refractivity contribution in [2.75, 3.05) is 0 Å². The zero-order valence-corrected chi connectivity index (χ0v) is 35.5. The second kappa shape index (κ2) is 15.0. The van der Waals surface area contributed by atoms with Gasteiger partial charge in [0.2, 0.25) is 0 Å². The predicted octanol–water partition coefficient (Wildman–Crippen LogP) is 15.7. The third-order valence-electron chi connectivity index (χ3n) is 12.9. The topological polar surface area (TPSA) is 51.8 Å². The molecule has 9 aromatic carbocycles. The number of fused-ring (bicyclic) bond motifs is 6. The van der Waals surface area contributed by atoms with Crippen molar-refractivity contribution in [3.05, 3.63) is 223 Å². The molecule has 64 heavy (non-hydrogen) atoms. The normalized spacial score (nSPS) is 12.7. The summed E-state index contributed by atoms with van der Waals surface area (Å²) in [6.07, 6.45) is 0. The van der Waals surface area contributed by atoms with Gasteiger partial charge in [0.15, 0.2) is 17.5 Å². The second-order valence-corrected chi connectivity index (χ2v) is 17.2. The lowest BCUT2D eigenvalue weighted by Crippen LogP contribution is -2.16. The molecular weight excluding hydrogens is 779 g/mol. The Morgan fingerprint density at radius 2 is 0.812 bits per heavy atom. The highest BCUT2D eigenvalue weighted by Crippen LogP contribution is 2.52. The lowest BCUT2D eigenvalue weighted by Gasteiger charge is -2.24. The molecule has 0 unspecified atom stereocenters. The van der Waals surface area contributed by atoms with Gasteiger partial charge in [-0.25, -0.2) is 15.0 Å². The molecule has 0 fully saturated rings. The highest BCUT2D eigenvalue weighted by Gasteiger charge is 2.37. The number of nitrogens with zero attached hydrogens (tertiary/aromatic N) is 3. The van der Waals surface area contributed by atoms with E-state index in [1.54, 1.807) is 0 Å². The van der Waals surface area contributed by atoms with Crippen LogP contribution in [0, 0.1) is 0 Å². The van der Waals surface area contributed by atoms with Crippen molar-refractivity contribution in [2.24, 2.45) is 0 Å². The Morgan fingerprint density at radius 1 is 0.328 bits per heavy atom. The molecule has 0 aliphatic heterocycles. The van der Waals surface area contributed by atoms with E-state index in [1.807, 2.05) is 24.3 Å². The van der Waals surface area contributed by atoms with E-state index in [-0.39, 0.29) is 5.41 Å². The number of rotatable bonds is 7. The molecule has 0 bridgehead atoms. The van der Waals surface area contributed by atoms with Gasteiger partial charge in [-0.2, -0.15) is 0 Å². The summed E-state index contributed by atoms with van der Waals surface area (Å²) in [6, 6.07) is 74.9. The molecule has 12 rings (SSSR count). The van der Waals surface area contributed by atoms with Crippen LogP contribution in [-0.4, -0.2) is 15.0 Å². The van der Waals surface area contributed by atoms with E-state index in [4.69, 9.17) is 19.4 Å².